The van der Waals surface area contributed by atoms with Gasteiger partial charge in [-0.15, -0.1) is 22.9 Å². The maximum Gasteiger partial charge on any atom is 0.226 e. The summed E-state index contributed by atoms with van der Waals surface area (Å²) in [5.41, 5.74) is 3.27. The number of halogens is 1. The quantitative estimate of drug-likeness (QED) is 0.769. The second-order valence-electron chi connectivity index (χ2n) is 5.16. The fourth-order valence-corrected chi connectivity index (χ4v) is 2.78. The number of alkyl halides is 1. The van der Waals surface area contributed by atoms with Crippen molar-refractivity contribution in [2.75, 3.05) is 11.2 Å². The van der Waals surface area contributed by atoms with Crippen LogP contribution in [-0.2, 0) is 4.79 Å². The lowest BCUT2D eigenvalue weighted by atomic mass is 10.0. The van der Waals surface area contributed by atoms with E-state index >= 15 is 0 Å². The predicted molar refractivity (Wildman–Crippen MR) is 90.2 cm³/mol. The first-order valence-corrected chi connectivity index (χ1v) is 8.43. The predicted octanol–water partition coefficient (Wildman–Crippen LogP) is 4.89. The Morgan fingerprint density at radius 3 is 2.67 bits per heavy atom. The van der Waals surface area contributed by atoms with Gasteiger partial charge in [-0.3, -0.25) is 4.79 Å². The lowest BCUT2D eigenvalue weighted by Crippen LogP contribution is -2.10. The molecule has 3 nitrogen and oxygen atoms in total. The summed E-state index contributed by atoms with van der Waals surface area (Å²) in [4.78, 5) is 16.1. The molecule has 0 saturated carbocycles. The third-order valence-electron chi connectivity index (χ3n) is 3.16. The first-order valence-electron chi connectivity index (χ1n) is 7.02. The molecule has 1 aromatic heterocycles. The van der Waals surface area contributed by atoms with Gasteiger partial charge < -0.3 is 5.32 Å². The molecular weight excluding hydrogens is 304 g/mol. The van der Waals surface area contributed by atoms with Gasteiger partial charge in [0.15, 0.2) is 5.13 Å². The monoisotopic (exact) mass is 322 g/mol. The molecule has 0 radical (unpaired) electrons. The summed E-state index contributed by atoms with van der Waals surface area (Å²) in [5, 5.41) is 5.40. The minimum atomic E-state index is -0.0355. The molecule has 1 amide bonds. The second kappa shape index (κ2) is 7.57. The molecule has 0 aliphatic heterocycles. The van der Waals surface area contributed by atoms with Crippen LogP contribution in [0.15, 0.2) is 29.6 Å². The number of carbonyl (C=O) groups excluding carboxylic acids is 1. The molecule has 0 unspecified atom stereocenters. The summed E-state index contributed by atoms with van der Waals surface area (Å²) in [6.45, 7) is 4.35. The number of hydrogen-bond donors (Lipinski definition) is 1. The van der Waals surface area contributed by atoms with Crippen LogP contribution in [0.5, 0.6) is 0 Å². The van der Waals surface area contributed by atoms with Crippen LogP contribution in [0, 0.1) is 0 Å². The van der Waals surface area contributed by atoms with E-state index in [2.05, 4.69) is 48.4 Å². The summed E-state index contributed by atoms with van der Waals surface area (Å²) in [6.07, 6.45) is 1.11. The van der Waals surface area contributed by atoms with E-state index in [1.807, 2.05) is 5.38 Å². The summed E-state index contributed by atoms with van der Waals surface area (Å²) in [5.74, 6) is 0.983. The molecule has 0 aliphatic carbocycles. The highest BCUT2D eigenvalue weighted by molar-refractivity contribution is 7.14. The number of aromatic nitrogens is 1. The zero-order chi connectivity index (χ0) is 15.2. The van der Waals surface area contributed by atoms with E-state index in [0.29, 0.717) is 29.8 Å². The van der Waals surface area contributed by atoms with Gasteiger partial charge in [0.25, 0.3) is 0 Å². The largest absolute Gasteiger partial charge is 0.302 e. The molecule has 1 heterocycles. The van der Waals surface area contributed by atoms with Gasteiger partial charge in [0, 0.05) is 23.2 Å². The molecule has 0 spiro atoms. The summed E-state index contributed by atoms with van der Waals surface area (Å²) in [7, 11) is 0. The fourth-order valence-electron chi connectivity index (χ4n) is 1.91. The first-order chi connectivity index (χ1) is 10.1. The van der Waals surface area contributed by atoms with Crippen LogP contribution in [0.25, 0.3) is 11.3 Å². The van der Waals surface area contributed by atoms with Gasteiger partial charge in [-0.2, -0.15) is 0 Å². The van der Waals surface area contributed by atoms with Crippen molar-refractivity contribution in [3.05, 3.63) is 35.2 Å². The van der Waals surface area contributed by atoms with Crippen molar-refractivity contribution in [3.63, 3.8) is 0 Å². The van der Waals surface area contributed by atoms with Crippen molar-refractivity contribution in [1.82, 2.24) is 4.98 Å². The molecule has 2 aromatic rings. The fraction of sp³-hybridized carbons (Fsp3) is 0.375. The van der Waals surface area contributed by atoms with Crippen LogP contribution >= 0.6 is 22.9 Å². The van der Waals surface area contributed by atoms with Crippen LogP contribution in [0.2, 0.25) is 0 Å². The van der Waals surface area contributed by atoms with Crippen molar-refractivity contribution in [2.24, 2.45) is 0 Å². The zero-order valence-corrected chi connectivity index (χ0v) is 13.8. The van der Waals surface area contributed by atoms with Gasteiger partial charge >= 0.3 is 0 Å². The standard InChI is InChI=1S/C16H19ClN2OS/c1-11(2)12-5-7-13(8-6-12)14-10-21-16(18-14)19-15(20)4-3-9-17/h5-8,10-11H,3-4,9H2,1-2H3,(H,18,19,20). The molecule has 5 heteroatoms. The van der Waals surface area contributed by atoms with Gasteiger partial charge in [-0.1, -0.05) is 38.1 Å². The Morgan fingerprint density at radius 2 is 2.05 bits per heavy atom. The van der Waals surface area contributed by atoms with Crippen LogP contribution in [0.1, 0.15) is 38.2 Å². The van der Waals surface area contributed by atoms with Crippen molar-refractivity contribution >= 4 is 34.0 Å². The summed E-state index contributed by atoms with van der Waals surface area (Å²) < 4.78 is 0. The Hall–Kier alpha value is -1.39. The molecule has 0 atom stereocenters. The van der Waals surface area contributed by atoms with E-state index in [-0.39, 0.29) is 5.91 Å². The lowest BCUT2D eigenvalue weighted by molar-refractivity contribution is -0.116. The Kier molecular flexibility index (Phi) is 5.76. The number of carbonyl (C=O) groups is 1. The van der Waals surface area contributed by atoms with E-state index in [1.165, 1.54) is 16.9 Å². The van der Waals surface area contributed by atoms with Crippen molar-refractivity contribution in [1.29, 1.82) is 0 Å². The third-order valence-corrected chi connectivity index (χ3v) is 4.19. The van der Waals surface area contributed by atoms with Crippen molar-refractivity contribution in [3.8, 4) is 11.3 Å². The van der Waals surface area contributed by atoms with Crippen LogP contribution in [0.4, 0.5) is 5.13 Å². The Bertz CT molecular complexity index is 593. The summed E-state index contributed by atoms with van der Waals surface area (Å²) >= 11 is 7.02. The number of anilines is 1. The second-order valence-corrected chi connectivity index (χ2v) is 6.39. The SMILES string of the molecule is CC(C)c1ccc(-c2csc(NC(=O)CCCCl)n2)cc1. The number of nitrogens with one attached hydrogen (secondary N) is 1. The van der Waals surface area contributed by atoms with E-state index in [4.69, 9.17) is 11.6 Å². The molecule has 0 bridgehead atoms. The Balaban J connectivity index is 2.03. The molecule has 0 saturated heterocycles. The van der Waals surface area contributed by atoms with Crippen LogP contribution in [0.3, 0.4) is 0 Å². The van der Waals surface area contributed by atoms with E-state index in [1.54, 1.807) is 0 Å². The number of nitrogens with zero attached hydrogens (tertiary/aromatic N) is 1. The number of rotatable bonds is 6. The maximum atomic E-state index is 11.6. The van der Waals surface area contributed by atoms with Gasteiger partial charge in [0.05, 0.1) is 5.69 Å². The average molecular weight is 323 g/mol. The zero-order valence-electron chi connectivity index (χ0n) is 12.2. The Labute approximate surface area is 134 Å². The molecule has 2 rings (SSSR count). The van der Waals surface area contributed by atoms with Gasteiger partial charge in [-0.05, 0) is 17.9 Å². The topological polar surface area (TPSA) is 42.0 Å². The highest BCUT2D eigenvalue weighted by Crippen LogP contribution is 2.26. The molecule has 1 N–H and O–H groups in total. The molecule has 0 aliphatic rings. The smallest absolute Gasteiger partial charge is 0.226 e. The molecule has 0 fully saturated rings. The third kappa shape index (κ3) is 4.55. The first kappa shape index (κ1) is 16.0. The number of benzene rings is 1. The van der Waals surface area contributed by atoms with Gasteiger partial charge in [0.1, 0.15) is 0 Å². The normalized spacial score (nSPS) is 10.9. The average Bonchev–Trinajstić information content (AvgIpc) is 2.93. The minimum absolute atomic E-state index is 0.0355. The minimum Gasteiger partial charge on any atom is -0.302 e. The summed E-state index contributed by atoms with van der Waals surface area (Å²) in [6, 6.07) is 8.39. The number of hydrogen-bond acceptors (Lipinski definition) is 3. The molecule has 1 aromatic carbocycles. The maximum absolute atomic E-state index is 11.6. The highest BCUT2D eigenvalue weighted by Gasteiger charge is 2.08. The van der Waals surface area contributed by atoms with E-state index < -0.39 is 0 Å². The lowest BCUT2D eigenvalue weighted by Gasteiger charge is -2.05. The number of thiazole rings is 1. The van der Waals surface area contributed by atoms with Crippen LogP contribution in [-0.4, -0.2) is 16.8 Å². The molecule has 112 valence electrons. The van der Waals surface area contributed by atoms with E-state index in [0.717, 1.165) is 11.3 Å². The van der Waals surface area contributed by atoms with Gasteiger partial charge in [0.2, 0.25) is 5.91 Å². The van der Waals surface area contributed by atoms with Gasteiger partial charge in [-0.25, -0.2) is 4.98 Å². The van der Waals surface area contributed by atoms with Crippen molar-refractivity contribution < 1.29 is 4.79 Å². The van der Waals surface area contributed by atoms with Crippen LogP contribution < -0.4 is 5.32 Å². The molecule has 21 heavy (non-hydrogen) atoms. The number of amides is 1. The molecular formula is C16H19ClN2OS. The Morgan fingerprint density at radius 1 is 1.33 bits per heavy atom. The van der Waals surface area contributed by atoms with Crippen molar-refractivity contribution in [2.45, 2.75) is 32.6 Å². The van der Waals surface area contributed by atoms with E-state index in [9.17, 15) is 4.79 Å². The highest BCUT2D eigenvalue weighted by atomic mass is 35.5.